The molecule has 9 heteroatoms. The predicted molar refractivity (Wildman–Crippen MR) is 102 cm³/mol. The van der Waals surface area contributed by atoms with E-state index in [4.69, 9.17) is 33.3 Å². The number of carbonyl (C=O) groups is 1. The molecule has 2 rings (SSSR count). The van der Waals surface area contributed by atoms with Crippen molar-refractivity contribution in [3.8, 4) is 0 Å². The molecule has 1 N–H and O–H groups in total. The summed E-state index contributed by atoms with van der Waals surface area (Å²) in [5.74, 6) is -0.217. The predicted octanol–water partition coefficient (Wildman–Crippen LogP) is 3.98. The molecule has 6 nitrogen and oxygen atoms in total. The highest BCUT2D eigenvalue weighted by Gasteiger charge is 2.47. The number of rotatable bonds is 7. The van der Waals surface area contributed by atoms with Crippen molar-refractivity contribution in [2.24, 2.45) is 0 Å². The number of hydrogen-bond acceptors (Lipinski definition) is 6. The summed E-state index contributed by atoms with van der Waals surface area (Å²) >= 11 is 15.0. The van der Waals surface area contributed by atoms with Crippen molar-refractivity contribution in [1.82, 2.24) is 15.2 Å². The first-order valence-electron chi connectivity index (χ1n) is 7.62. The molecule has 2 aromatic rings. The Labute approximate surface area is 164 Å². The molecule has 1 aromatic carbocycles. The maximum Gasteiger partial charge on any atom is 0.355 e. The van der Waals surface area contributed by atoms with E-state index < -0.39 is 11.6 Å². The third-order valence-corrected chi connectivity index (χ3v) is 4.60. The Morgan fingerprint density at radius 3 is 2.76 bits per heavy atom. The van der Waals surface area contributed by atoms with Crippen molar-refractivity contribution in [3.63, 3.8) is 0 Å². The summed E-state index contributed by atoms with van der Waals surface area (Å²) in [5, 5.41) is 7.26. The Bertz CT molecular complexity index is 757. The zero-order valence-electron chi connectivity index (χ0n) is 13.7. The lowest BCUT2D eigenvalue weighted by Gasteiger charge is -2.32. The quantitative estimate of drug-likeness (QED) is 0.512. The Morgan fingerprint density at radius 2 is 2.20 bits per heavy atom. The van der Waals surface area contributed by atoms with Gasteiger partial charge in [-0.1, -0.05) is 40.5 Å². The van der Waals surface area contributed by atoms with Gasteiger partial charge in [-0.05, 0) is 31.3 Å². The maximum atomic E-state index is 12.9. The fourth-order valence-electron chi connectivity index (χ4n) is 2.28. The van der Waals surface area contributed by atoms with Crippen LogP contribution in [0.4, 0.5) is 0 Å². The topological polar surface area (TPSA) is 77.1 Å². The average Bonchev–Trinajstić information content (AvgIpc) is 3.07. The van der Waals surface area contributed by atoms with Crippen LogP contribution in [0.2, 0.25) is 5.02 Å². The first kappa shape index (κ1) is 19.8. The minimum atomic E-state index is -1.57. The molecule has 0 saturated carbocycles. The van der Waals surface area contributed by atoms with Gasteiger partial charge in [0, 0.05) is 21.5 Å². The third-order valence-electron chi connectivity index (χ3n) is 3.42. The van der Waals surface area contributed by atoms with Crippen LogP contribution in [0.15, 0.2) is 29.0 Å². The molecular weight excluding hydrogens is 430 g/mol. The standard InChI is InChI=1S/C16H17BrClN3O3S/c1-3-14(25)24-16(15(22)23-4-2,8-13-19-9-20-21-13)11-6-5-10(17)7-12(11)18/h5-7,9H,3-4,8H2,1-2H3,(H,19,20,21). The Morgan fingerprint density at radius 1 is 1.44 bits per heavy atom. The van der Waals surface area contributed by atoms with Gasteiger partial charge in [-0.3, -0.25) is 5.10 Å². The molecule has 0 amide bonds. The van der Waals surface area contributed by atoms with Crippen LogP contribution in [0, 0.1) is 0 Å². The lowest BCUT2D eigenvalue weighted by atomic mass is 9.89. The molecule has 0 bridgehead atoms. The zero-order valence-corrected chi connectivity index (χ0v) is 16.9. The van der Waals surface area contributed by atoms with Gasteiger partial charge in [0.05, 0.1) is 13.0 Å². The second-order valence-corrected chi connectivity index (χ2v) is 6.87. The molecule has 134 valence electrons. The van der Waals surface area contributed by atoms with Crippen LogP contribution >= 0.6 is 39.7 Å². The van der Waals surface area contributed by atoms with E-state index in [1.165, 1.54) is 6.33 Å². The van der Waals surface area contributed by atoms with E-state index in [0.29, 0.717) is 22.8 Å². The van der Waals surface area contributed by atoms with E-state index in [-0.39, 0.29) is 18.1 Å². The molecule has 0 aliphatic heterocycles. The van der Waals surface area contributed by atoms with E-state index in [9.17, 15) is 4.79 Å². The smallest absolute Gasteiger partial charge is 0.355 e. The highest BCUT2D eigenvalue weighted by Crippen LogP contribution is 2.37. The summed E-state index contributed by atoms with van der Waals surface area (Å²) in [5.41, 5.74) is -1.13. The molecule has 0 fully saturated rings. The van der Waals surface area contributed by atoms with Gasteiger partial charge in [0.15, 0.2) is 10.9 Å². The number of nitrogens with zero attached hydrogens (tertiary/aromatic N) is 2. The molecule has 1 unspecified atom stereocenters. The minimum absolute atomic E-state index is 0.0246. The maximum absolute atomic E-state index is 12.9. The van der Waals surface area contributed by atoms with Crippen molar-refractivity contribution >= 4 is 50.8 Å². The number of aromatic nitrogens is 3. The van der Waals surface area contributed by atoms with Crippen LogP contribution in [-0.4, -0.2) is 32.8 Å². The van der Waals surface area contributed by atoms with Crippen LogP contribution in [0.3, 0.4) is 0 Å². The number of ether oxygens (including phenoxy) is 2. The summed E-state index contributed by atoms with van der Waals surface area (Å²) in [6.07, 6.45) is 1.90. The second-order valence-electron chi connectivity index (χ2n) is 5.09. The number of aromatic amines is 1. The number of benzene rings is 1. The Hall–Kier alpha value is -1.51. The van der Waals surface area contributed by atoms with Crippen molar-refractivity contribution in [3.05, 3.63) is 45.4 Å². The lowest BCUT2D eigenvalue weighted by Crippen LogP contribution is -2.44. The number of carbonyl (C=O) groups excluding carboxylic acids is 1. The Kier molecular flexibility index (Phi) is 6.92. The molecule has 0 aliphatic rings. The fourth-order valence-corrected chi connectivity index (χ4v) is 3.25. The van der Waals surface area contributed by atoms with Crippen molar-refractivity contribution in [2.45, 2.75) is 32.3 Å². The van der Waals surface area contributed by atoms with Gasteiger partial charge in [-0.2, -0.15) is 5.10 Å². The van der Waals surface area contributed by atoms with Gasteiger partial charge >= 0.3 is 5.97 Å². The van der Waals surface area contributed by atoms with Gasteiger partial charge in [0.25, 0.3) is 0 Å². The number of thiocarbonyl (C=S) groups is 1. The SMILES string of the molecule is CCOC(=O)C(Cc1nc[nH]n1)(OC(=S)CC)c1ccc(Br)cc1Cl. The summed E-state index contributed by atoms with van der Waals surface area (Å²) in [6, 6.07) is 5.15. The molecular formula is C16H17BrClN3O3S. The minimum Gasteiger partial charge on any atom is -0.464 e. The normalized spacial score (nSPS) is 13.1. The number of halogens is 2. The van der Waals surface area contributed by atoms with Gasteiger partial charge < -0.3 is 9.47 Å². The number of H-pyrrole nitrogens is 1. The molecule has 0 radical (unpaired) electrons. The second kappa shape index (κ2) is 8.73. The van der Waals surface area contributed by atoms with E-state index in [1.54, 1.807) is 25.1 Å². The van der Waals surface area contributed by atoms with E-state index in [1.807, 2.05) is 6.92 Å². The number of nitrogens with one attached hydrogen (secondary N) is 1. The molecule has 1 heterocycles. The monoisotopic (exact) mass is 445 g/mol. The van der Waals surface area contributed by atoms with Crippen molar-refractivity contribution < 1.29 is 14.3 Å². The van der Waals surface area contributed by atoms with E-state index >= 15 is 0 Å². The largest absolute Gasteiger partial charge is 0.464 e. The van der Waals surface area contributed by atoms with Crippen LogP contribution in [0.25, 0.3) is 0 Å². The van der Waals surface area contributed by atoms with Crippen LogP contribution in [0.1, 0.15) is 31.7 Å². The summed E-state index contributed by atoms with van der Waals surface area (Å²) in [6.45, 7) is 3.75. The van der Waals surface area contributed by atoms with Gasteiger partial charge in [0.2, 0.25) is 5.60 Å². The highest BCUT2D eigenvalue weighted by atomic mass is 79.9. The third kappa shape index (κ3) is 4.56. The van der Waals surface area contributed by atoms with Gasteiger partial charge in [-0.25, -0.2) is 9.78 Å². The summed E-state index contributed by atoms with van der Waals surface area (Å²) < 4.78 is 12.0. The molecule has 0 spiro atoms. The van der Waals surface area contributed by atoms with Crippen molar-refractivity contribution in [2.75, 3.05) is 6.61 Å². The van der Waals surface area contributed by atoms with Crippen LogP contribution < -0.4 is 0 Å². The lowest BCUT2D eigenvalue weighted by molar-refractivity contribution is -0.164. The first-order valence-corrected chi connectivity index (χ1v) is 9.20. The van der Waals surface area contributed by atoms with E-state index in [0.717, 1.165) is 4.47 Å². The first-order chi connectivity index (χ1) is 11.9. The molecule has 0 saturated heterocycles. The Balaban J connectivity index is 2.63. The summed E-state index contributed by atoms with van der Waals surface area (Å²) in [4.78, 5) is 17.0. The van der Waals surface area contributed by atoms with Gasteiger partial charge in [-0.15, -0.1) is 0 Å². The zero-order chi connectivity index (χ0) is 18.4. The molecule has 25 heavy (non-hydrogen) atoms. The summed E-state index contributed by atoms with van der Waals surface area (Å²) in [7, 11) is 0. The average molecular weight is 447 g/mol. The molecule has 1 atom stereocenters. The highest BCUT2D eigenvalue weighted by molar-refractivity contribution is 9.10. The number of hydrogen-bond donors (Lipinski definition) is 1. The van der Waals surface area contributed by atoms with Gasteiger partial charge in [0.1, 0.15) is 6.33 Å². The van der Waals surface area contributed by atoms with Crippen LogP contribution in [-0.2, 0) is 26.3 Å². The van der Waals surface area contributed by atoms with Crippen molar-refractivity contribution in [1.29, 1.82) is 0 Å². The molecule has 0 aliphatic carbocycles. The molecule has 1 aromatic heterocycles. The van der Waals surface area contributed by atoms with E-state index in [2.05, 4.69) is 31.1 Å². The van der Waals surface area contributed by atoms with Crippen LogP contribution in [0.5, 0.6) is 0 Å². The number of esters is 1. The fraction of sp³-hybridized carbons (Fsp3) is 0.375.